The molecular weight excluding hydrogens is 409 g/mol. The summed E-state index contributed by atoms with van der Waals surface area (Å²) in [6.07, 6.45) is -1.89. The molecule has 0 N–H and O–H groups in total. The number of pyridine rings is 1. The molecule has 0 aliphatic carbocycles. The summed E-state index contributed by atoms with van der Waals surface area (Å²) >= 11 is 0. The smallest absolute Gasteiger partial charge is 0.416 e. The van der Waals surface area contributed by atoms with E-state index in [0.29, 0.717) is 36.2 Å². The predicted octanol–water partition coefficient (Wildman–Crippen LogP) is 4.13. The summed E-state index contributed by atoms with van der Waals surface area (Å²) in [5, 5.41) is 0. The second kappa shape index (κ2) is 8.50. The van der Waals surface area contributed by atoms with Crippen molar-refractivity contribution < 1.29 is 22.6 Å². The van der Waals surface area contributed by atoms with Gasteiger partial charge >= 0.3 is 6.18 Å². The van der Waals surface area contributed by atoms with E-state index < -0.39 is 11.7 Å². The molecule has 0 bridgehead atoms. The molecule has 0 fully saturated rings. The van der Waals surface area contributed by atoms with Crippen molar-refractivity contribution in [3.8, 4) is 23.1 Å². The molecule has 6 nitrogen and oxygen atoms in total. The van der Waals surface area contributed by atoms with Crippen LogP contribution in [0, 0.1) is 0 Å². The van der Waals surface area contributed by atoms with Crippen molar-refractivity contribution in [1.29, 1.82) is 0 Å². The van der Waals surface area contributed by atoms with Crippen LogP contribution < -0.4 is 9.47 Å². The minimum absolute atomic E-state index is 0.432. The quantitative estimate of drug-likeness (QED) is 0.607. The van der Waals surface area contributed by atoms with Gasteiger partial charge in [-0.1, -0.05) is 12.1 Å². The first kappa shape index (κ1) is 21.0. The van der Waals surface area contributed by atoms with Crippen LogP contribution in [0.1, 0.15) is 22.4 Å². The molecule has 4 rings (SSSR count). The van der Waals surface area contributed by atoms with Crippen molar-refractivity contribution in [2.75, 3.05) is 20.8 Å². The molecule has 3 heterocycles. The number of alkyl halides is 3. The molecule has 3 aromatic rings. The summed E-state index contributed by atoms with van der Waals surface area (Å²) in [6, 6.07) is 8.65. The van der Waals surface area contributed by atoms with Gasteiger partial charge in [0.05, 0.1) is 25.5 Å². The van der Waals surface area contributed by atoms with E-state index in [1.807, 2.05) is 6.07 Å². The van der Waals surface area contributed by atoms with Crippen LogP contribution in [0.25, 0.3) is 11.4 Å². The Bertz CT molecular complexity index is 1070. The van der Waals surface area contributed by atoms with Crippen molar-refractivity contribution in [3.63, 3.8) is 0 Å². The molecule has 9 heteroatoms. The summed E-state index contributed by atoms with van der Waals surface area (Å²) in [5.74, 6) is 1.45. The Kier molecular flexibility index (Phi) is 5.77. The number of methoxy groups -OCH3 is 2. The maximum atomic E-state index is 12.8. The van der Waals surface area contributed by atoms with Crippen molar-refractivity contribution in [2.24, 2.45) is 0 Å². The number of benzene rings is 1. The fourth-order valence-corrected chi connectivity index (χ4v) is 3.56. The van der Waals surface area contributed by atoms with E-state index in [1.165, 1.54) is 12.1 Å². The third kappa shape index (κ3) is 4.61. The molecule has 0 spiro atoms. The Hall–Kier alpha value is -3.20. The second-order valence-corrected chi connectivity index (χ2v) is 7.22. The first-order chi connectivity index (χ1) is 14.9. The molecule has 0 amide bonds. The number of nitrogens with zero attached hydrogens (tertiary/aromatic N) is 4. The fourth-order valence-electron chi connectivity index (χ4n) is 3.56. The molecule has 0 saturated heterocycles. The van der Waals surface area contributed by atoms with E-state index in [-0.39, 0.29) is 0 Å². The zero-order valence-electron chi connectivity index (χ0n) is 17.1. The fraction of sp³-hybridized carbons (Fsp3) is 0.318. The molecule has 1 aromatic carbocycles. The van der Waals surface area contributed by atoms with Crippen LogP contribution in [-0.2, 0) is 25.7 Å². The SMILES string of the molecule is COc1ccc(CN2CCc3nc(-c4ccc(C(F)(F)F)cc4)ncc3C2)c(OC)n1. The normalized spacial score (nSPS) is 14.2. The van der Waals surface area contributed by atoms with Crippen LogP contribution >= 0.6 is 0 Å². The minimum atomic E-state index is -4.36. The molecule has 2 aromatic heterocycles. The predicted molar refractivity (Wildman–Crippen MR) is 108 cm³/mol. The molecule has 0 atom stereocenters. The van der Waals surface area contributed by atoms with E-state index in [0.717, 1.165) is 41.9 Å². The molecule has 0 saturated carbocycles. The Balaban J connectivity index is 1.49. The second-order valence-electron chi connectivity index (χ2n) is 7.22. The Morgan fingerprint density at radius 2 is 1.77 bits per heavy atom. The van der Waals surface area contributed by atoms with Gasteiger partial charge in [-0.2, -0.15) is 18.2 Å². The number of hydrogen-bond acceptors (Lipinski definition) is 6. The molecular formula is C22H21F3N4O2. The Morgan fingerprint density at radius 3 is 2.45 bits per heavy atom. The number of halogens is 3. The summed E-state index contributed by atoms with van der Waals surface area (Å²) in [5.41, 5.74) is 2.75. The molecule has 1 aliphatic heterocycles. The standard InChI is InChI=1S/C22H21F3N4O2/c1-30-19-8-5-15(21(28-19)31-2)12-29-10-9-18-16(13-29)11-26-20(27-18)14-3-6-17(7-4-14)22(23,24)25/h3-8,11H,9-10,12-13H2,1-2H3. The highest BCUT2D eigenvalue weighted by atomic mass is 19.4. The zero-order chi connectivity index (χ0) is 22.0. The van der Waals surface area contributed by atoms with E-state index in [9.17, 15) is 13.2 Å². The molecule has 162 valence electrons. The number of rotatable bonds is 5. The third-order valence-electron chi connectivity index (χ3n) is 5.19. The lowest BCUT2D eigenvalue weighted by molar-refractivity contribution is -0.137. The van der Waals surface area contributed by atoms with Gasteiger partial charge in [0, 0.05) is 55.0 Å². The summed E-state index contributed by atoms with van der Waals surface area (Å²) in [4.78, 5) is 15.5. The minimum Gasteiger partial charge on any atom is -0.481 e. The van der Waals surface area contributed by atoms with Crippen molar-refractivity contribution in [3.05, 3.63) is 65.0 Å². The van der Waals surface area contributed by atoms with E-state index >= 15 is 0 Å². The zero-order valence-corrected chi connectivity index (χ0v) is 17.1. The maximum Gasteiger partial charge on any atom is 0.416 e. The largest absolute Gasteiger partial charge is 0.481 e. The van der Waals surface area contributed by atoms with Gasteiger partial charge in [-0.15, -0.1) is 0 Å². The third-order valence-corrected chi connectivity index (χ3v) is 5.19. The van der Waals surface area contributed by atoms with Crippen LogP contribution in [-0.4, -0.2) is 40.6 Å². The number of hydrogen-bond donors (Lipinski definition) is 0. The Labute approximate surface area is 177 Å². The monoisotopic (exact) mass is 430 g/mol. The van der Waals surface area contributed by atoms with Crippen molar-refractivity contribution in [2.45, 2.75) is 25.7 Å². The number of fused-ring (bicyclic) bond motifs is 1. The molecule has 0 radical (unpaired) electrons. The topological polar surface area (TPSA) is 60.4 Å². The van der Waals surface area contributed by atoms with Crippen LogP contribution in [0.4, 0.5) is 13.2 Å². The first-order valence-corrected chi connectivity index (χ1v) is 9.70. The van der Waals surface area contributed by atoms with Crippen LogP contribution in [0.2, 0.25) is 0 Å². The average Bonchev–Trinajstić information content (AvgIpc) is 2.78. The molecule has 31 heavy (non-hydrogen) atoms. The van der Waals surface area contributed by atoms with Crippen molar-refractivity contribution >= 4 is 0 Å². The van der Waals surface area contributed by atoms with Crippen LogP contribution in [0.15, 0.2) is 42.6 Å². The van der Waals surface area contributed by atoms with Gasteiger partial charge in [-0.3, -0.25) is 4.90 Å². The van der Waals surface area contributed by atoms with Crippen LogP contribution in [0.3, 0.4) is 0 Å². The summed E-state index contributed by atoms with van der Waals surface area (Å²) in [6.45, 7) is 2.10. The lowest BCUT2D eigenvalue weighted by Gasteiger charge is -2.28. The van der Waals surface area contributed by atoms with Gasteiger partial charge in [0.15, 0.2) is 5.82 Å². The highest BCUT2D eigenvalue weighted by molar-refractivity contribution is 5.56. The summed E-state index contributed by atoms with van der Waals surface area (Å²) in [7, 11) is 3.13. The van der Waals surface area contributed by atoms with Gasteiger partial charge in [-0.25, -0.2) is 9.97 Å². The summed E-state index contributed by atoms with van der Waals surface area (Å²) < 4.78 is 48.8. The maximum absolute atomic E-state index is 12.8. The van der Waals surface area contributed by atoms with Crippen LogP contribution in [0.5, 0.6) is 11.8 Å². The molecule has 0 unspecified atom stereocenters. The van der Waals surface area contributed by atoms with Gasteiger partial charge in [-0.05, 0) is 18.2 Å². The van der Waals surface area contributed by atoms with Gasteiger partial charge in [0.1, 0.15) is 0 Å². The number of aromatic nitrogens is 3. The average molecular weight is 430 g/mol. The lowest BCUT2D eigenvalue weighted by Crippen LogP contribution is -2.31. The lowest BCUT2D eigenvalue weighted by atomic mass is 10.1. The van der Waals surface area contributed by atoms with Gasteiger partial charge in [0.25, 0.3) is 0 Å². The van der Waals surface area contributed by atoms with Crippen molar-refractivity contribution in [1.82, 2.24) is 19.9 Å². The highest BCUT2D eigenvalue weighted by Crippen LogP contribution is 2.31. The highest BCUT2D eigenvalue weighted by Gasteiger charge is 2.30. The van der Waals surface area contributed by atoms with E-state index in [4.69, 9.17) is 9.47 Å². The van der Waals surface area contributed by atoms with Gasteiger partial charge in [0.2, 0.25) is 11.8 Å². The first-order valence-electron chi connectivity index (χ1n) is 9.70. The molecule has 1 aliphatic rings. The van der Waals surface area contributed by atoms with E-state index in [1.54, 1.807) is 26.5 Å². The van der Waals surface area contributed by atoms with E-state index in [2.05, 4.69) is 19.9 Å². The number of ether oxygens (including phenoxy) is 2. The Morgan fingerprint density at radius 1 is 1.00 bits per heavy atom. The van der Waals surface area contributed by atoms with Gasteiger partial charge < -0.3 is 9.47 Å².